The van der Waals surface area contributed by atoms with Crippen molar-refractivity contribution in [1.82, 2.24) is 0 Å². The monoisotopic (exact) mass is 221 g/mol. The van der Waals surface area contributed by atoms with Gasteiger partial charge in [-0.25, -0.2) is 0 Å². The Morgan fingerprint density at radius 2 is 2.12 bits per heavy atom. The SMILES string of the molecule is CCCC(C)COc1ccc(C)cc1CN. The molecule has 0 radical (unpaired) electrons. The van der Waals surface area contributed by atoms with Crippen molar-refractivity contribution < 1.29 is 4.74 Å². The smallest absolute Gasteiger partial charge is 0.123 e. The molecule has 90 valence electrons. The second-order valence-electron chi connectivity index (χ2n) is 4.52. The third-order valence-corrected chi connectivity index (χ3v) is 2.74. The van der Waals surface area contributed by atoms with Crippen LogP contribution >= 0.6 is 0 Å². The van der Waals surface area contributed by atoms with Crippen LogP contribution in [-0.2, 0) is 6.54 Å². The first-order valence-electron chi connectivity index (χ1n) is 6.09. The first-order valence-corrected chi connectivity index (χ1v) is 6.09. The lowest BCUT2D eigenvalue weighted by Gasteiger charge is -2.15. The maximum Gasteiger partial charge on any atom is 0.123 e. The molecule has 0 spiro atoms. The highest BCUT2D eigenvalue weighted by atomic mass is 16.5. The zero-order valence-electron chi connectivity index (χ0n) is 10.6. The van der Waals surface area contributed by atoms with Gasteiger partial charge in [-0.2, -0.15) is 0 Å². The van der Waals surface area contributed by atoms with Crippen molar-refractivity contribution in [2.24, 2.45) is 11.7 Å². The molecule has 0 aromatic heterocycles. The van der Waals surface area contributed by atoms with E-state index in [2.05, 4.69) is 32.9 Å². The van der Waals surface area contributed by atoms with Gasteiger partial charge in [0.05, 0.1) is 6.61 Å². The molecule has 0 aliphatic rings. The van der Waals surface area contributed by atoms with Gasteiger partial charge in [-0.1, -0.05) is 38.0 Å². The molecule has 0 fully saturated rings. The summed E-state index contributed by atoms with van der Waals surface area (Å²) in [7, 11) is 0. The zero-order chi connectivity index (χ0) is 12.0. The Kier molecular flexibility index (Phi) is 5.33. The predicted molar refractivity (Wildman–Crippen MR) is 68.6 cm³/mol. The molecular formula is C14H23NO. The lowest BCUT2D eigenvalue weighted by molar-refractivity contribution is 0.249. The summed E-state index contributed by atoms with van der Waals surface area (Å²) in [4.78, 5) is 0. The van der Waals surface area contributed by atoms with Crippen molar-refractivity contribution in [2.75, 3.05) is 6.61 Å². The standard InChI is InChI=1S/C14H23NO/c1-4-5-12(3)10-16-14-7-6-11(2)8-13(14)9-15/h6-8,12H,4-5,9-10,15H2,1-3H3. The van der Waals surface area contributed by atoms with Crippen molar-refractivity contribution in [3.8, 4) is 5.75 Å². The number of benzene rings is 1. The molecule has 2 N–H and O–H groups in total. The van der Waals surface area contributed by atoms with Gasteiger partial charge < -0.3 is 10.5 Å². The summed E-state index contributed by atoms with van der Waals surface area (Å²) in [5.74, 6) is 1.55. The lowest BCUT2D eigenvalue weighted by atomic mass is 10.1. The Morgan fingerprint density at radius 3 is 2.75 bits per heavy atom. The van der Waals surface area contributed by atoms with Crippen LogP contribution in [0.1, 0.15) is 37.8 Å². The highest BCUT2D eigenvalue weighted by molar-refractivity contribution is 5.36. The van der Waals surface area contributed by atoms with E-state index in [-0.39, 0.29) is 0 Å². The van der Waals surface area contributed by atoms with Crippen LogP contribution in [0, 0.1) is 12.8 Å². The van der Waals surface area contributed by atoms with Gasteiger partial charge in [-0.3, -0.25) is 0 Å². The number of hydrogen-bond acceptors (Lipinski definition) is 2. The maximum atomic E-state index is 5.82. The molecule has 0 saturated carbocycles. The minimum atomic E-state index is 0.541. The molecule has 2 heteroatoms. The van der Waals surface area contributed by atoms with Gasteiger partial charge in [0.15, 0.2) is 0 Å². The van der Waals surface area contributed by atoms with Gasteiger partial charge in [0.25, 0.3) is 0 Å². The van der Waals surface area contributed by atoms with Crippen molar-refractivity contribution in [3.05, 3.63) is 29.3 Å². The second-order valence-corrected chi connectivity index (χ2v) is 4.52. The number of ether oxygens (including phenoxy) is 1. The topological polar surface area (TPSA) is 35.2 Å². The minimum absolute atomic E-state index is 0.541. The van der Waals surface area contributed by atoms with Gasteiger partial charge in [-0.15, -0.1) is 0 Å². The Bertz CT molecular complexity index is 323. The fourth-order valence-corrected chi connectivity index (χ4v) is 1.82. The summed E-state index contributed by atoms with van der Waals surface area (Å²) in [6, 6.07) is 6.19. The van der Waals surface area contributed by atoms with Gasteiger partial charge in [0.2, 0.25) is 0 Å². The van der Waals surface area contributed by atoms with Gasteiger partial charge in [-0.05, 0) is 25.3 Å². The van der Waals surface area contributed by atoms with E-state index in [9.17, 15) is 0 Å². The molecule has 0 amide bonds. The van der Waals surface area contributed by atoms with E-state index in [1.165, 1.54) is 18.4 Å². The van der Waals surface area contributed by atoms with Gasteiger partial charge in [0.1, 0.15) is 5.75 Å². The summed E-state index contributed by atoms with van der Waals surface area (Å²) in [5.41, 5.74) is 8.04. The summed E-state index contributed by atoms with van der Waals surface area (Å²) in [6.45, 7) is 7.82. The average molecular weight is 221 g/mol. The first kappa shape index (κ1) is 13.0. The first-order chi connectivity index (χ1) is 7.67. The molecule has 0 aliphatic heterocycles. The molecule has 0 saturated heterocycles. The average Bonchev–Trinajstić information content (AvgIpc) is 2.27. The molecule has 1 atom stereocenters. The normalized spacial score (nSPS) is 12.5. The van der Waals surface area contributed by atoms with Crippen molar-refractivity contribution in [1.29, 1.82) is 0 Å². The molecular weight excluding hydrogens is 198 g/mol. The zero-order valence-corrected chi connectivity index (χ0v) is 10.6. The van der Waals surface area contributed by atoms with Crippen LogP contribution in [0.4, 0.5) is 0 Å². The third kappa shape index (κ3) is 3.86. The fourth-order valence-electron chi connectivity index (χ4n) is 1.82. The van der Waals surface area contributed by atoms with Crippen LogP contribution in [0.25, 0.3) is 0 Å². The van der Waals surface area contributed by atoms with Crippen molar-refractivity contribution >= 4 is 0 Å². The largest absolute Gasteiger partial charge is 0.493 e. The number of rotatable bonds is 6. The summed E-state index contributed by atoms with van der Waals surface area (Å²) in [5, 5.41) is 0. The summed E-state index contributed by atoms with van der Waals surface area (Å²) in [6.07, 6.45) is 2.42. The number of hydrogen-bond donors (Lipinski definition) is 1. The van der Waals surface area contributed by atoms with E-state index in [1.807, 2.05) is 6.07 Å². The molecule has 16 heavy (non-hydrogen) atoms. The highest BCUT2D eigenvalue weighted by Gasteiger charge is 2.05. The van der Waals surface area contributed by atoms with E-state index in [0.29, 0.717) is 12.5 Å². The lowest BCUT2D eigenvalue weighted by Crippen LogP contribution is -2.10. The quantitative estimate of drug-likeness (QED) is 0.800. The van der Waals surface area contributed by atoms with Crippen LogP contribution in [-0.4, -0.2) is 6.61 Å². The van der Waals surface area contributed by atoms with E-state index in [1.54, 1.807) is 0 Å². The second kappa shape index (κ2) is 6.54. The van der Waals surface area contributed by atoms with E-state index in [4.69, 9.17) is 10.5 Å². The number of nitrogens with two attached hydrogens (primary N) is 1. The minimum Gasteiger partial charge on any atom is -0.493 e. The number of aryl methyl sites for hydroxylation is 1. The molecule has 1 unspecified atom stereocenters. The molecule has 0 bridgehead atoms. The predicted octanol–water partition coefficient (Wildman–Crippen LogP) is 3.27. The molecule has 0 heterocycles. The molecule has 0 aliphatic carbocycles. The highest BCUT2D eigenvalue weighted by Crippen LogP contribution is 2.20. The molecule has 2 nitrogen and oxygen atoms in total. The van der Waals surface area contributed by atoms with Gasteiger partial charge in [0, 0.05) is 12.1 Å². The summed E-state index contributed by atoms with van der Waals surface area (Å²) < 4.78 is 5.82. The molecule has 1 rings (SSSR count). The Morgan fingerprint density at radius 1 is 1.38 bits per heavy atom. The summed E-state index contributed by atoms with van der Waals surface area (Å²) >= 11 is 0. The van der Waals surface area contributed by atoms with E-state index < -0.39 is 0 Å². The molecule has 1 aromatic carbocycles. The van der Waals surface area contributed by atoms with Crippen LogP contribution in [0.5, 0.6) is 5.75 Å². The van der Waals surface area contributed by atoms with Gasteiger partial charge >= 0.3 is 0 Å². The molecule has 1 aromatic rings. The maximum absolute atomic E-state index is 5.82. The van der Waals surface area contributed by atoms with Crippen LogP contribution in [0.2, 0.25) is 0 Å². The van der Waals surface area contributed by atoms with Crippen LogP contribution in [0.3, 0.4) is 0 Å². The Balaban J connectivity index is 2.59. The third-order valence-electron chi connectivity index (χ3n) is 2.74. The van der Waals surface area contributed by atoms with E-state index in [0.717, 1.165) is 17.9 Å². The van der Waals surface area contributed by atoms with Crippen LogP contribution in [0.15, 0.2) is 18.2 Å². The Hall–Kier alpha value is -1.02. The van der Waals surface area contributed by atoms with Crippen molar-refractivity contribution in [3.63, 3.8) is 0 Å². The van der Waals surface area contributed by atoms with Crippen LogP contribution < -0.4 is 10.5 Å². The van der Waals surface area contributed by atoms with Crippen molar-refractivity contribution in [2.45, 2.75) is 40.2 Å². The van der Waals surface area contributed by atoms with E-state index >= 15 is 0 Å². The fraction of sp³-hybridized carbons (Fsp3) is 0.571. The Labute approximate surface area is 98.8 Å².